The third-order valence-electron chi connectivity index (χ3n) is 6.45. The van der Waals surface area contributed by atoms with E-state index in [0.29, 0.717) is 17.1 Å². The highest BCUT2D eigenvalue weighted by Gasteiger charge is 2.30. The van der Waals surface area contributed by atoms with E-state index in [1.807, 2.05) is 0 Å². The van der Waals surface area contributed by atoms with Gasteiger partial charge in [0.1, 0.15) is 0 Å². The van der Waals surface area contributed by atoms with E-state index in [4.69, 9.17) is 14.2 Å². The molecule has 1 amide bonds. The van der Waals surface area contributed by atoms with Gasteiger partial charge >= 0.3 is 17.9 Å². The standard InChI is InChI=1S/C31H44N4O9S2/c1-8-9-10-11-17-42-27(37)22(4)44-28(38)23(5)43-26(36)16-18-45-31(6,7)29(39)34-24-12-14-25(15-13-24)46(40,41)35-30-32-20(2)19-21(3)33-30/h12-15,19,22-23H,8-11,16-18H2,1-7H3,(H,34,39)(H,32,33,35). The number of rotatable bonds is 18. The molecular formula is C31H44N4O9S2. The third kappa shape index (κ3) is 12.9. The highest BCUT2D eigenvalue weighted by Crippen LogP contribution is 2.27. The predicted octanol–water partition coefficient (Wildman–Crippen LogP) is 4.72. The molecule has 2 unspecified atom stereocenters. The Morgan fingerprint density at radius 1 is 0.913 bits per heavy atom. The second-order valence-corrected chi connectivity index (χ2v) is 14.5. The molecule has 0 saturated carbocycles. The predicted molar refractivity (Wildman–Crippen MR) is 175 cm³/mol. The Balaban J connectivity index is 1.79. The molecule has 0 bridgehead atoms. The molecule has 1 heterocycles. The summed E-state index contributed by atoms with van der Waals surface area (Å²) >= 11 is 1.20. The van der Waals surface area contributed by atoms with Gasteiger partial charge in [-0.3, -0.25) is 9.59 Å². The molecule has 2 aromatic rings. The van der Waals surface area contributed by atoms with Crippen molar-refractivity contribution in [3.05, 3.63) is 41.7 Å². The normalized spacial score (nSPS) is 12.8. The number of hydrogen-bond donors (Lipinski definition) is 2. The van der Waals surface area contributed by atoms with Crippen LogP contribution in [-0.2, 0) is 43.4 Å². The fourth-order valence-electron chi connectivity index (χ4n) is 3.85. The van der Waals surface area contributed by atoms with Gasteiger partial charge in [-0.1, -0.05) is 26.2 Å². The van der Waals surface area contributed by atoms with Crippen molar-refractivity contribution in [1.29, 1.82) is 0 Å². The van der Waals surface area contributed by atoms with Gasteiger partial charge in [-0.05, 0) is 78.3 Å². The van der Waals surface area contributed by atoms with Gasteiger partial charge < -0.3 is 19.5 Å². The number of aryl methyl sites for hydroxylation is 2. The lowest BCUT2D eigenvalue weighted by Crippen LogP contribution is -2.35. The van der Waals surface area contributed by atoms with Crippen LogP contribution >= 0.6 is 11.8 Å². The van der Waals surface area contributed by atoms with Crippen LogP contribution in [0.4, 0.5) is 11.6 Å². The number of thioether (sulfide) groups is 1. The molecule has 0 aliphatic heterocycles. The van der Waals surface area contributed by atoms with E-state index in [1.54, 1.807) is 33.8 Å². The summed E-state index contributed by atoms with van der Waals surface area (Å²) in [5.41, 5.74) is 1.61. The maximum absolute atomic E-state index is 12.9. The van der Waals surface area contributed by atoms with Gasteiger partial charge in [-0.25, -0.2) is 32.7 Å². The lowest BCUT2D eigenvalue weighted by Gasteiger charge is -2.23. The van der Waals surface area contributed by atoms with Crippen LogP contribution < -0.4 is 10.0 Å². The van der Waals surface area contributed by atoms with Gasteiger partial charge in [0.25, 0.3) is 10.0 Å². The van der Waals surface area contributed by atoms with Crippen molar-refractivity contribution in [2.75, 3.05) is 22.4 Å². The first-order valence-corrected chi connectivity index (χ1v) is 17.5. The molecule has 1 aromatic carbocycles. The second-order valence-electron chi connectivity index (χ2n) is 11.1. The first kappa shape index (κ1) is 38.5. The molecule has 46 heavy (non-hydrogen) atoms. The Kier molecular flexibility index (Phi) is 14.9. The number of aromatic nitrogens is 2. The molecule has 0 spiro atoms. The zero-order valence-corrected chi connectivity index (χ0v) is 29.0. The zero-order chi connectivity index (χ0) is 34.5. The van der Waals surface area contributed by atoms with Crippen LogP contribution in [0.3, 0.4) is 0 Å². The molecule has 15 heteroatoms. The molecule has 0 aliphatic rings. The number of carbonyl (C=O) groups is 4. The number of carbonyl (C=O) groups excluding carboxylic acids is 4. The lowest BCUT2D eigenvalue weighted by molar-refractivity contribution is -0.176. The smallest absolute Gasteiger partial charge is 0.347 e. The summed E-state index contributed by atoms with van der Waals surface area (Å²) in [7, 11) is -3.96. The van der Waals surface area contributed by atoms with Crippen molar-refractivity contribution in [2.45, 2.75) is 102 Å². The summed E-state index contributed by atoms with van der Waals surface area (Å²) in [6.07, 6.45) is 1.32. The fraction of sp³-hybridized carbons (Fsp3) is 0.548. The van der Waals surface area contributed by atoms with Crippen LogP contribution in [0.5, 0.6) is 0 Å². The topological polar surface area (TPSA) is 180 Å². The van der Waals surface area contributed by atoms with Crippen molar-refractivity contribution >= 4 is 57.2 Å². The fourth-order valence-corrected chi connectivity index (χ4v) is 5.75. The molecule has 13 nitrogen and oxygen atoms in total. The van der Waals surface area contributed by atoms with E-state index in [0.717, 1.165) is 25.7 Å². The Hall–Kier alpha value is -3.72. The third-order valence-corrected chi connectivity index (χ3v) is 9.11. The number of unbranched alkanes of at least 4 members (excludes halogenated alkanes) is 3. The first-order valence-electron chi connectivity index (χ1n) is 15.0. The first-order chi connectivity index (χ1) is 21.5. The van der Waals surface area contributed by atoms with Crippen LogP contribution in [-0.4, -0.2) is 71.5 Å². The van der Waals surface area contributed by atoms with Crippen LogP contribution in [0.15, 0.2) is 35.2 Å². The van der Waals surface area contributed by atoms with E-state index in [2.05, 4.69) is 26.9 Å². The highest BCUT2D eigenvalue weighted by molar-refractivity contribution is 8.01. The van der Waals surface area contributed by atoms with Gasteiger partial charge in [-0.2, -0.15) is 0 Å². The minimum absolute atomic E-state index is 0.0353. The number of benzene rings is 1. The molecule has 0 aliphatic carbocycles. The van der Waals surface area contributed by atoms with Crippen molar-refractivity contribution in [3.63, 3.8) is 0 Å². The molecule has 1 aromatic heterocycles. The summed E-state index contributed by atoms with van der Waals surface area (Å²) in [4.78, 5) is 57.7. The quantitative estimate of drug-likeness (QED) is 0.126. The van der Waals surface area contributed by atoms with Gasteiger partial charge in [0.15, 0.2) is 12.2 Å². The Bertz CT molecular complexity index is 1440. The summed E-state index contributed by atoms with van der Waals surface area (Å²) in [6, 6.07) is 7.34. The van der Waals surface area contributed by atoms with Gasteiger partial charge in [-0.15, -0.1) is 11.8 Å². The molecular weight excluding hydrogens is 636 g/mol. The van der Waals surface area contributed by atoms with E-state index in [9.17, 15) is 27.6 Å². The molecule has 2 atom stereocenters. The zero-order valence-electron chi connectivity index (χ0n) is 27.4. The van der Waals surface area contributed by atoms with Gasteiger partial charge in [0.05, 0.1) is 22.7 Å². The minimum Gasteiger partial charge on any atom is -0.463 e. The SMILES string of the molecule is CCCCCCOC(=O)C(C)OC(=O)C(C)OC(=O)CCSC(C)(C)C(=O)Nc1ccc(S(=O)(=O)Nc2nc(C)cc(C)n2)cc1. The Labute approximate surface area is 275 Å². The molecule has 0 radical (unpaired) electrons. The molecule has 0 saturated heterocycles. The number of nitrogens with one attached hydrogen (secondary N) is 2. The number of sulfonamides is 1. The Morgan fingerprint density at radius 2 is 1.52 bits per heavy atom. The van der Waals surface area contributed by atoms with Crippen molar-refractivity contribution < 1.29 is 41.8 Å². The largest absolute Gasteiger partial charge is 0.463 e. The number of nitrogens with zero attached hydrogens (tertiary/aromatic N) is 2. The van der Waals surface area contributed by atoms with Crippen LogP contribution in [0.1, 0.15) is 78.1 Å². The van der Waals surface area contributed by atoms with Gasteiger partial charge in [0.2, 0.25) is 11.9 Å². The molecule has 0 fully saturated rings. The monoisotopic (exact) mass is 680 g/mol. The van der Waals surface area contributed by atoms with Crippen LogP contribution in [0.2, 0.25) is 0 Å². The van der Waals surface area contributed by atoms with E-state index in [1.165, 1.54) is 49.9 Å². The number of amides is 1. The Morgan fingerprint density at radius 3 is 2.13 bits per heavy atom. The van der Waals surface area contributed by atoms with Gasteiger partial charge in [0, 0.05) is 22.8 Å². The highest BCUT2D eigenvalue weighted by atomic mass is 32.2. The summed E-state index contributed by atoms with van der Waals surface area (Å²) in [5, 5.41) is 2.74. The van der Waals surface area contributed by atoms with Crippen molar-refractivity contribution in [3.8, 4) is 0 Å². The van der Waals surface area contributed by atoms with Crippen molar-refractivity contribution in [1.82, 2.24) is 9.97 Å². The number of esters is 3. The van der Waals surface area contributed by atoms with Crippen LogP contribution in [0.25, 0.3) is 0 Å². The minimum atomic E-state index is -3.96. The molecule has 2 rings (SSSR count). The average Bonchev–Trinajstić information content (AvgIpc) is 2.96. The summed E-state index contributed by atoms with van der Waals surface area (Å²) in [6.45, 7) is 11.9. The van der Waals surface area contributed by atoms with E-state index >= 15 is 0 Å². The van der Waals surface area contributed by atoms with E-state index in [-0.39, 0.29) is 35.5 Å². The maximum atomic E-state index is 12.9. The molecule has 254 valence electrons. The van der Waals surface area contributed by atoms with Crippen LogP contribution in [0, 0.1) is 13.8 Å². The summed E-state index contributed by atoms with van der Waals surface area (Å²) in [5.74, 6) is -2.40. The number of anilines is 2. The van der Waals surface area contributed by atoms with Crippen molar-refractivity contribution in [2.24, 2.45) is 0 Å². The second kappa shape index (κ2) is 17.8. The van der Waals surface area contributed by atoms with E-state index < -0.39 is 44.9 Å². The summed E-state index contributed by atoms with van der Waals surface area (Å²) < 4.78 is 42.2. The number of hydrogen-bond acceptors (Lipinski definition) is 12. The molecule has 2 N–H and O–H groups in total. The average molecular weight is 681 g/mol. The number of ether oxygens (including phenoxy) is 3. The lowest BCUT2D eigenvalue weighted by atomic mass is 10.2. The maximum Gasteiger partial charge on any atom is 0.347 e.